The fraction of sp³-hybridized carbons (Fsp3) is 0.143. The first kappa shape index (κ1) is 9.25. The zero-order chi connectivity index (χ0) is 7.72. The molecule has 0 aliphatic rings. The maximum Gasteiger partial charge on any atom is 0.0408 e. The molecule has 0 radical (unpaired) electrons. The van der Waals surface area contributed by atoms with Gasteiger partial charge in [0.1, 0.15) is 0 Å². The number of hydrogen-bond donors (Lipinski definition) is 0. The van der Waals surface area contributed by atoms with E-state index in [0.29, 0.717) is 0 Å². The Labute approximate surface area is 96.2 Å². The Morgan fingerprint density at radius 2 is 1.80 bits per heavy atom. The third kappa shape index (κ3) is 1.85. The molecule has 0 bridgehead atoms. The fourth-order valence-electron chi connectivity index (χ4n) is 0.622. The summed E-state index contributed by atoms with van der Waals surface area (Å²) in [5, 5.41) is 0. The van der Waals surface area contributed by atoms with Crippen molar-refractivity contribution in [2.45, 2.75) is 6.92 Å². The van der Waals surface area contributed by atoms with Crippen LogP contribution in [-0.2, 0) is 0 Å². The van der Waals surface area contributed by atoms with Gasteiger partial charge in [0.25, 0.3) is 0 Å². The first-order valence-electron chi connectivity index (χ1n) is 2.73. The molecule has 1 rings (SSSR count). The summed E-state index contributed by atoms with van der Waals surface area (Å²) >= 11 is 8.17. The highest BCUT2D eigenvalue weighted by Gasteiger charge is 2.02. The van der Waals surface area contributed by atoms with Crippen LogP contribution in [0.5, 0.6) is 0 Å². The van der Waals surface area contributed by atoms with Crippen molar-refractivity contribution in [1.82, 2.24) is 0 Å². The number of rotatable bonds is 0. The van der Waals surface area contributed by atoms with Crippen molar-refractivity contribution in [2.24, 2.45) is 0 Å². The maximum atomic E-state index is 3.47. The number of hydrogen-bond acceptors (Lipinski definition) is 0. The van der Waals surface area contributed by atoms with Crippen molar-refractivity contribution in [3.05, 3.63) is 29.3 Å². The van der Waals surface area contributed by atoms with E-state index in [1.54, 1.807) is 0 Å². The van der Waals surface area contributed by atoms with Gasteiger partial charge in [0.05, 0.1) is 0 Å². The Kier molecular flexibility index (Phi) is 3.43. The molecule has 0 N–H and O–H groups in total. The minimum Gasteiger partial charge on any atom is -0.0571 e. The molecule has 0 amide bonds. The molecule has 3 heteroatoms. The van der Waals surface area contributed by atoms with Crippen molar-refractivity contribution in [3.8, 4) is 0 Å². The summed E-state index contributed by atoms with van der Waals surface area (Å²) in [6, 6.07) is 4.20. The van der Waals surface area contributed by atoms with Crippen molar-refractivity contribution < 1.29 is 0 Å². The highest BCUT2D eigenvalue weighted by molar-refractivity contribution is 14.1. The first-order chi connectivity index (χ1) is 4.63. The van der Waals surface area contributed by atoms with Crippen LogP contribution in [0.2, 0.25) is 0 Å². The standard InChI is InChI=1S/C7H5BrI2/c1-4-2-3-5(8)7(10)6(4)9/h2-3H,1H3. The van der Waals surface area contributed by atoms with E-state index in [9.17, 15) is 0 Å². The zero-order valence-electron chi connectivity index (χ0n) is 5.29. The highest BCUT2D eigenvalue weighted by atomic mass is 127. The van der Waals surface area contributed by atoms with E-state index >= 15 is 0 Å². The lowest BCUT2D eigenvalue weighted by Gasteiger charge is -2.01. The van der Waals surface area contributed by atoms with Crippen molar-refractivity contribution in [1.29, 1.82) is 0 Å². The summed E-state index contributed by atoms with van der Waals surface area (Å²) in [6.45, 7) is 2.12. The van der Waals surface area contributed by atoms with E-state index in [4.69, 9.17) is 0 Å². The SMILES string of the molecule is Cc1ccc(Br)c(I)c1I. The zero-order valence-corrected chi connectivity index (χ0v) is 11.2. The van der Waals surface area contributed by atoms with Gasteiger partial charge in [-0.2, -0.15) is 0 Å². The van der Waals surface area contributed by atoms with E-state index in [0.717, 1.165) is 0 Å². The van der Waals surface area contributed by atoms with Crippen LogP contribution in [0.4, 0.5) is 0 Å². The lowest BCUT2D eigenvalue weighted by molar-refractivity contribution is 1.38. The van der Waals surface area contributed by atoms with Gasteiger partial charge in [0.2, 0.25) is 0 Å². The molecule has 1 aromatic rings. The lowest BCUT2D eigenvalue weighted by atomic mass is 10.2. The summed E-state index contributed by atoms with van der Waals surface area (Å²) < 4.78 is 3.83. The van der Waals surface area contributed by atoms with Crippen molar-refractivity contribution >= 4 is 61.1 Å². The third-order valence-electron chi connectivity index (χ3n) is 1.23. The molecule has 0 nitrogen and oxygen atoms in total. The molecule has 10 heavy (non-hydrogen) atoms. The monoisotopic (exact) mass is 422 g/mol. The van der Waals surface area contributed by atoms with E-state index < -0.39 is 0 Å². The minimum atomic E-state index is 1.18. The average molecular weight is 423 g/mol. The third-order valence-corrected chi connectivity index (χ3v) is 6.17. The Morgan fingerprint density at radius 3 is 2.30 bits per heavy atom. The molecule has 0 spiro atoms. The second-order valence-corrected chi connectivity index (χ2v) is 5.00. The second kappa shape index (κ2) is 3.71. The normalized spacial score (nSPS) is 10.0. The summed E-state index contributed by atoms with van der Waals surface area (Å²) in [7, 11) is 0. The first-order valence-corrected chi connectivity index (χ1v) is 5.68. The van der Waals surface area contributed by atoms with Gasteiger partial charge in [-0.25, -0.2) is 0 Å². The van der Waals surface area contributed by atoms with Gasteiger partial charge in [0, 0.05) is 11.6 Å². The lowest BCUT2D eigenvalue weighted by Crippen LogP contribution is -1.85. The highest BCUT2D eigenvalue weighted by Crippen LogP contribution is 2.26. The van der Waals surface area contributed by atoms with Crippen LogP contribution in [0.1, 0.15) is 5.56 Å². The van der Waals surface area contributed by atoms with Crippen molar-refractivity contribution in [3.63, 3.8) is 0 Å². The van der Waals surface area contributed by atoms with Crippen LogP contribution in [-0.4, -0.2) is 0 Å². The van der Waals surface area contributed by atoms with Crippen LogP contribution < -0.4 is 0 Å². The van der Waals surface area contributed by atoms with Crippen molar-refractivity contribution in [2.75, 3.05) is 0 Å². The van der Waals surface area contributed by atoms with Crippen LogP contribution in [0.25, 0.3) is 0 Å². The van der Waals surface area contributed by atoms with Gasteiger partial charge in [-0.05, 0) is 79.7 Å². The van der Waals surface area contributed by atoms with Gasteiger partial charge in [-0.3, -0.25) is 0 Å². The summed E-state index contributed by atoms with van der Waals surface area (Å²) in [5.41, 5.74) is 1.34. The predicted molar refractivity (Wildman–Crippen MR) is 64.3 cm³/mol. The molecule has 0 unspecified atom stereocenters. The molecule has 0 saturated carbocycles. The van der Waals surface area contributed by atoms with E-state index in [-0.39, 0.29) is 0 Å². The average Bonchev–Trinajstić information content (AvgIpc) is 1.93. The molecule has 0 aromatic heterocycles. The van der Waals surface area contributed by atoms with Crippen LogP contribution in [0.3, 0.4) is 0 Å². The van der Waals surface area contributed by atoms with Gasteiger partial charge >= 0.3 is 0 Å². The molecule has 0 atom stereocenters. The topological polar surface area (TPSA) is 0 Å². The summed E-state index contributed by atoms with van der Waals surface area (Å²) in [5.74, 6) is 0. The maximum absolute atomic E-state index is 3.47. The van der Waals surface area contributed by atoms with E-state index in [1.165, 1.54) is 17.2 Å². The molecule has 0 fully saturated rings. The molecule has 0 aliphatic heterocycles. The molecule has 0 heterocycles. The molecule has 0 saturated heterocycles. The largest absolute Gasteiger partial charge is 0.0571 e. The molecular formula is C7H5BrI2. The molecule has 0 aliphatic carbocycles. The molecule has 1 aromatic carbocycles. The Bertz CT molecular complexity index is 231. The van der Waals surface area contributed by atoms with E-state index in [2.05, 4.69) is 80.2 Å². The van der Waals surface area contributed by atoms with E-state index in [1.807, 2.05) is 0 Å². The summed E-state index contributed by atoms with van der Waals surface area (Å²) in [4.78, 5) is 0. The Morgan fingerprint density at radius 1 is 1.20 bits per heavy atom. The predicted octanol–water partition coefficient (Wildman–Crippen LogP) is 3.97. The smallest absolute Gasteiger partial charge is 0.0408 e. The quantitative estimate of drug-likeness (QED) is 0.438. The minimum absolute atomic E-state index is 1.18. The Hall–Kier alpha value is 1.16. The van der Waals surface area contributed by atoms with Gasteiger partial charge < -0.3 is 0 Å². The fourth-order valence-corrected chi connectivity index (χ4v) is 2.40. The summed E-state index contributed by atoms with van der Waals surface area (Å²) in [6.07, 6.45) is 0. The Balaban J connectivity index is 3.34. The second-order valence-electron chi connectivity index (χ2n) is 1.99. The number of benzene rings is 1. The van der Waals surface area contributed by atoms with Crippen LogP contribution in [0.15, 0.2) is 16.6 Å². The van der Waals surface area contributed by atoms with Crippen LogP contribution >= 0.6 is 61.1 Å². The van der Waals surface area contributed by atoms with Gasteiger partial charge in [-0.15, -0.1) is 0 Å². The molecule has 54 valence electrons. The number of aryl methyl sites for hydroxylation is 1. The number of halogens is 3. The molecular weight excluding hydrogens is 418 g/mol. The van der Waals surface area contributed by atoms with Gasteiger partial charge in [0.15, 0.2) is 0 Å². The van der Waals surface area contributed by atoms with Crippen LogP contribution in [0, 0.1) is 14.1 Å². The van der Waals surface area contributed by atoms with Gasteiger partial charge in [-0.1, -0.05) is 6.07 Å².